The molecule has 0 saturated carbocycles. The van der Waals surface area contributed by atoms with Crippen LogP contribution in [0.15, 0.2) is 34.5 Å². The molecule has 0 spiro atoms. The zero-order valence-corrected chi connectivity index (χ0v) is 12.7. The number of fused-ring (bicyclic) bond motifs is 1. The van der Waals surface area contributed by atoms with Gasteiger partial charge in [-0.2, -0.15) is 0 Å². The molecule has 0 saturated heterocycles. The molecule has 1 aliphatic rings. The smallest absolute Gasteiger partial charge is 0.265 e. The van der Waals surface area contributed by atoms with Crippen LogP contribution in [0.4, 0.5) is 5.69 Å². The van der Waals surface area contributed by atoms with Gasteiger partial charge in [-0.15, -0.1) is 11.3 Å². The molecule has 0 atom stereocenters. The Morgan fingerprint density at radius 3 is 2.85 bits per heavy atom. The van der Waals surface area contributed by atoms with Crippen LogP contribution in [-0.2, 0) is 23.1 Å². The normalized spacial score (nSPS) is 14.6. The minimum atomic E-state index is -3.60. The summed E-state index contributed by atoms with van der Waals surface area (Å²) in [7, 11) is -3.60. The van der Waals surface area contributed by atoms with Gasteiger partial charge in [-0.1, -0.05) is 18.2 Å². The quantitative estimate of drug-likeness (QED) is 0.946. The second-order valence-electron chi connectivity index (χ2n) is 4.79. The molecule has 1 aromatic heterocycles. The lowest BCUT2D eigenvalue weighted by atomic mass is 10.2. The van der Waals surface area contributed by atoms with Crippen LogP contribution in [0.25, 0.3) is 0 Å². The summed E-state index contributed by atoms with van der Waals surface area (Å²) < 4.78 is 27.2. The second kappa shape index (κ2) is 4.87. The first-order valence-electron chi connectivity index (χ1n) is 6.34. The van der Waals surface area contributed by atoms with E-state index in [9.17, 15) is 13.5 Å². The largest absolute Gasteiger partial charge is 0.391 e. The third-order valence-corrected chi connectivity index (χ3v) is 6.79. The first-order valence-corrected chi connectivity index (χ1v) is 8.66. The number of hydrogen-bond donors (Lipinski definition) is 1. The summed E-state index contributed by atoms with van der Waals surface area (Å²) in [6, 6.07) is 7.56. The van der Waals surface area contributed by atoms with E-state index in [1.54, 1.807) is 12.3 Å². The number of para-hydroxylation sites is 1. The van der Waals surface area contributed by atoms with Gasteiger partial charge >= 0.3 is 0 Å². The van der Waals surface area contributed by atoms with Crippen LogP contribution in [0.1, 0.15) is 16.0 Å². The highest BCUT2D eigenvalue weighted by Crippen LogP contribution is 2.36. The van der Waals surface area contributed by atoms with Gasteiger partial charge in [-0.25, -0.2) is 8.42 Å². The Morgan fingerprint density at radius 1 is 1.35 bits per heavy atom. The monoisotopic (exact) mass is 309 g/mol. The summed E-state index contributed by atoms with van der Waals surface area (Å²) >= 11 is 1.29. The maximum atomic E-state index is 12.9. The number of anilines is 1. The first kappa shape index (κ1) is 13.6. The van der Waals surface area contributed by atoms with E-state index in [4.69, 9.17) is 0 Å². The second-order valence-corrected chi connectivity index (χ2v) is 7.55. The van der Waals surface area contributed by atoms with Crippen LogP contribution in [0, 0.1) is 6.92 Å². The van der Waals surface area contributed by atoms with Crippen molar-refractivity contribution in [1.29, 1.82) is 0 Å². The molecular formula is C14H15NO3S2. The number of aliphatic hydroxyl groups excluding tert-OH is 1. The number of aryl methyl sites for hydroxylation is 1. The molecule has 3 rings (SSSR count). The van der Waals surface area contributed by atoms with Crippen molar-refractivity contribution in [2.24, 2.45) is 0 Å². The van der Waals surface area contributed by atoms with Gasteiger partial charge in [0.2, 0.25) is 0 Å². The first-order chi connectivity index (χ1) is 9.55. The molecule has 2 heterocycles. The molecule has 1 N–H and O–H groups in total. The predicted octanol–water partition coefficient (Wildman–Crippen LogP) is 2.30. The van der Waals surface area contributed by atoms with Crippen molar-refractivity contribution in [3.05, 3.63) is 45.6 Å². The molecule has 2 aromatic rings. The van der Waals surface area contributed by atoms with Gasteiger partial charge in [-0.3, -0.25) is 4.31 Å². The van der Waals surface area contributed by atoms with Gasteiger partial charge in [0, 0.05) is 6.54 Å². The van der Waals surface area contributed by atoms with Gasteiger partial charge in [0.05, 0.1) is 17.2 Å². The number of hydrogen-bond acceptors (Lipinski definition) is 4. The highest BCUT2D eigenvalue weighted by molar-refractivity contribution is 7.93. The van der Waals surface area contributed by atoms with Crippen LogP contribution >= 0.6 is 11.3 Å². The van der Waals surface area contributed by atoms with Gasteiger partial charge in [0.1, 0.15) is 4.90 Å². The number of benzene rings is 1. The lowest BCUT2D eigenvalue weighted by Crippen LogP contribution is -2.29. The highest BCUT2D eigenvalue weighted by atomic mass is 32.2. The van der Waals surface area contributed by atoms with E-state index in [2.05, 4.69) is 0 Å². The topological polar surface area (TPSA) is 57.6 Å². The van der Waals surface area contributed by atoms with Crippen LogP contribution < -0.4 is 4.31 Å². The summed E-state index contributed by atoms with van der Waals surface area (Å²) in [6.45, 7) is 1.98. The molecule has 0 unspecified atom stereocenters. The van der Waals surface area contributed by atoms with Crippen molar-refractivity contribution < 1.29 is 13.5 Å². The maximum absolute atomic E-state index is 12.9. The zero-order chi connectivity index (χ0) is 14.3. The lowest BCUT2D eigenvalue weighted by molar-refractivity contribution is 0.282. The molecule has 4 nitrogen and oxygen atoms in total. The van der Waals surface area contributed by atoms with Gasteiger partial charge in [0.25, 0.3) is 10.0 Å². The molecule has 106 valence electrons. The summed E-state index contributed by atoms with van der Waals surface area (Å²) in [5.74, 6) is 0. The SMILES string of the molecule is Cc1csc(CO)c1S(=O)(=O)N1CCc2ccccc21. The number of aliphatic hydroxyl groups is 1. The van der Waals surface area contributed by atoms with Crippen molar-refractivity contribution in [2.45, 2.75) is 24.8 Å². The van der Waals surface area contributed by atoms with Crippen molar-refractivity contribution in [1.82, 2.24) is 0 Å². The van der Waals surface area contributed by atoms with E-state index in [0.717, 1.165) is 17.7 Å². The van der Waals surface area contributed by atoms with Crippen molar-refractivity contribution >= 4 is 27.0 Å². The molecule has 1 aliphatic heterocycles. The molecule has 0 amide bonds. The van der Waals surface area contributed by atoms with Gasteiger partial charge < -0.3 is 5.11 Å². The van der Waals surface area contributed by atoms with Crippen LogP contribution in [-0.4, -0.2) is 20.1 Å². The standard InChI is InChI=1S/C14H15NO3S2/c1-10-9-19-13(8-16)14(10)20(17,18)15-7-6-11-4-2-3-5-12(11)15/h2-5,9,16H,6-8H2,1H3. The fourth-order valence-corrected chi connectivity index (χ4v) is 5.73. The van der Waals surface area contributed by atoms with Crippen molar-refractivity contribution in [3.8, 4) is 0 Å². The molecule has 1 aromatic carbocycles. The molecule has 0 bridgehead atoms. The maximum Gasteiger partial charge on any atom is 0.265 e. The Bertz CT molecular complexity index is 750. The third kappa shape index (κ3) is 1.95. The van der Waals surface area contributed by atoms with E-state index in [-0.39, 0.29) is 11.5 Å². The summed E-state index contributed by atoms with van der Waals surface area (Å²) in [5, 5.41) is 11.1. The molecule has 0 radical (unpaired) electrons. The van der Waals surface area contributed by atoms with E-state index < -0.39 is 10.0 Å². The number of rotatable bonds is 3. The molecule has 0 aliphatic carbocycles. The van der Waals surface area contributed by atoms with Gasteiger partial charge in [-0.05, 0) is 35.9 Å². The third-order valence-electron chi connectivity index (χ3n) is 3.53. The van der Waals surface area contributed by atoms with Crippen molar-refractivity contribution in [2.75, 3.05) is 10.8 Å². The average Bonchev–Trinajstić information content (AvgIpc) is 3.02. The Hall–Kier alpha value is -1.37. The number of sulfonamides is 1. The van der Waals surface area contributed by atoms with E-state index in [1.165, 1.54) is 15.6 Å². The number of thiophene rings is 1. The molecule has 0 fully saturated rings. The van der Waals surface area contributed by atoms with Crippen LogP contribution in [0.2, 0.25) is 0 Å². The highest BCUT2D eigenvalue weighted by Gasteiger charge is 2.33. The average molecular weight is 309 g/mol. The summed E-state index contributed by atoms with van der Waals surface area (Å²) in [6.07, 6.45) is 0.729. The van der Waals surface area contributed by atoms with Crippen molar-refractivity contribution in [3.63, 3.8) is 0 Å². The fourth-order valence-electron chi connectivity index (χ4n) is 2.61. The molecular weight excluding hydrogens is 294 g/mol. The zero-order valence-electron chi connectivity index (χ0n) is 11.0. The Labute approximate surface area is 122 Å². The van der Waals surface area contributed by atoms with Crippen LogP contribution in [0.5, 0.6) is 0 Å². The molecule has 6 heteroatoms. The minimum absolute atomic E-state index is 0.247. The number of nitrogens with zero attached hydrogens (tertiary/aromatic N) is 1. The van der Waals surface area contributed by atoms with E-state index in [0.29, 0.717) is 17.0 Å². The van der Waals surface area contributed by atoms with Crippen LogP contribution in [0.3, 0.4) is 0 Å². The summed E-state index contributed by atoms with van der Waals surface area (Å²) in [4.78, 5) is 0.772. The fraction of sp³-hybridized carbons (Fsp3) is 0.286. The predicted molar refractivity (Wildman–Crippen MR) is 79.7 cm³/mol. The molecule has 20 heavy (non-hydrogen) atoms. The Balaban J connectivity index is 2.13. The van der Waals surface area contributed by atoms with E-state index >= 15 is 0 Å². The lowest BCUT2D eigenvalue weighted by Gasteiger charge is -2.20. The Kier molecular flexibility index (Phi) is 3.32. The summed E-state index contributed by atoms with van der Waals surface area (Å²) in [5.41, 5.74) is 2.50. The van der Waals surface area contributed by atoms with E-state index in [1.807, 2.05) is 24.3 Å². The minimum Gasteiger partial charge on any atom is -0.391 e. The van der Waals surface area contributed by atoms with Gasteiger partial charge in [0.15, 0.2) is 0 Å². The Morgan fingerprint density at radius 2 is 2.10 bits per heavy atom.